The maximum absolute atomic E-state index is 12.7. The number of hydrogen-bond donors (Lipinski definition) is 0. The molecule has 7 nitrogen and oxygen atoms in total. The van der Waals surface area contributed by atoms with E-state index < -0.39 is 0 Å². The average Bonchev–Trinajstić information content (AvgIpc) is 3.42. The molecule has 1 unspecified atom stereocenters. The first kappa shape index (κ1) is 18.3. The third kappa shape index (κ3) is 2.80. The van der Waals surface area contributed by atoms with Gasteiger partial charge in [-0.15, -0.1) is 0 Å². The van der Waals surface area contributed by atoms with E-state index in [0.29, 0.717) is 12.5 Å². The Morgan fingerprint density at radius 3 is 2.74 bits per heavy atom. The molecule has 7 heteroatoms. The lowest BCUT2D eigenvalue weighted by atomic mass is 10.0. The van der Waals surface area contributed by atoms with E-state index in [9.17, 15) is 4.79 Å². The van der Waals surface area contributed by atoms with Gasteiger partial charge in [-0.1, -0.05) is 18.2 Å². The van der Waals surface area contributed by atoms with Crippen molar-refractivity contribution in [3.05, 3.63) is 59.9 Å². The van der Waals surface area contributed by atoms with E-state index in [4.69, 9.17) is 4.98 Å². The van der Waals surface area contributed by atoms with Crippen LogP contribution in [0.4, 0.5) is 0 Å². The van der Waals surface area contributed by atoms with Gasteiger partial charge < -0.3 is 9.47 Å². The van der Waals surface area contributed by atoms with Crippen LogP contribution in [0.1, 0.15) is 48.9 Å². The fourth-order valence-electron chi connectivity index (χ4n) is 4.68. The summed E-state index contributed by atoms with van der Waals surface area (Å²) in [5, 5.41) is 6.64. The van der Waals surface area contributed by atoms with Gasteiger partial charge in [0.25, 0.3) is 0 Å². The molecule has 4 aromatic rings. The fraction of sp³-hybridized carbons (Fsp3) is 0.333. The minimum Gasteiger partial charge on any atom is -0.338 e. The number of rotatable bonds is 3. The highest BCUT2D eigenvalue weighted by Crippen LogP contribution is 2.44. The van der Waals surface area contributed by atoms with Crippen LogP contribution in [0.3, 0.4) is 0 Å². The Labute approximate surface area is 180 Å². The number of aryl methyl sites for hydroxylation is 1. The van der Waals surface area contributed by atoms with Crippen molar-refractivity contribution in [2.45, 2.75) is 45.2 Å². The van der Waals surface area contributed by atoms with E-state index >= 15 is 0 Å². The van der Waals surface area contributed by atoms with Crippen LogP contribution in [0.2, 0.25) is 0 Å². The lowest BCUT2D eigenvalue weighted by molar-refractivity contribution is -0.135. The molecule has 0 bridgehead atoms. The molecule has 3 aromatic heterocycles. The molecule has 4 heterocycles. The highest BCUT2D eigenvalue weighted by Gasteiger charge is 2.38. The van der Waals surface area contributed by atoms with Crippen molar-refractivity contribution in [2.24, 2.45) is 0 Å². The van der Waals surface area contributed by atoms with Crippen LogP contribution < -0.4 is 0 Å². The molecular weight excluding hydrogens is 388 g/mol. The summed E-state index contributed by atoms with van der Waals surface area (Å²) in [5.74, 6) is 2.47. The first-order valence-corrected chi connectivity index (χ1v) is 10.8. The quantitative estimate of drug-likeness (QED) is 0.510. The van der Waals surface area contributed by atoms with Crippen molar-refractivity contribution in [2.75, 3.05) is 7.05 Å². The third-order valence-corrected chi connectivity index (χ3v) is 6.45. The topological polar surface area (TPSA) is 68.8 Å². The largest absolute Gasteiger partial charge is 0.338 e. The monoisotopic (exact) mass is 412 g/mol. The number of hydrogen-bond acceptors (Lipinski definition) is 4. The zero-order valence-electron chi connectivity index (χ0n) is 17.9. The predicted molar refractivity (Wildman–Crippen MR) is 118 cm³/mol. The number of nitrogens with zero attached hydrogens (tertiary/aromatic N) is 6. The Morgan fingerprint density at radius 1 is 1.16 bits per heavy atom. The number of likely N-dealkylation sites (N-methyl/N-ethyl adjacent to an activating group) is 1. The van der Waals surface area contributed by atoms with Gasteiger partial charge in [0.2, 0.25) is 5.91 Å². The molecule has 0 spiro atoms. The first-order chi connectivity index (χ1) is 15.0. The zero-order chi connectivity index (χ0) is 21.3. The van der Waals surface area contributed by atoms with Crippen molar-refractivity contribution >= 4 is 16.7 Å². The Balaban J connectivity index is 1.53. The van der Waals surface area contributed by atoms with Gasteiger partial charge in [0.05, 0.1) is 23.6 Å². The number of aromatic nitrogens is 5. The van der Waals surface area contributed by atoms with Crippen LogP contribution in [0.5, 0.6) is 0 Å². The number of carbonyl (C=O) groups is 1. The number of carbonyl (C=O) groups excluding carboxylic acids is 1. The van der Waals surface area contributed by atoms with Crippen LogP contribution in [-0.4, -0.2) is 42.2 Å². The Bertz CT molecular complexity index is 1350. The van der Waals surface area contributed by atoms with Crippen LogP contribution >= 0.6 is 0 Å². The summed E-state index contributed by atoms with van der Waals surface area (Å²) in [6.45, 7) is 4.53. The molecule has 1 fully saturated rings. The standard InChI is InChI=1S/C24H24N6O/c1-14-9-10-29(27-14)21-11-17-5-4-6-18(19(17)12-25-21)22-20-13-28(3)24(31)15(2)30(20)23(26-22)16-7-8-16/h4-6,9-12,15-16H,7-8,13H2,1-3H3. The van der Waals surface area contributed by atoms with Crippen LogP contribution in [0.15, 0.2) is 42.7 Å². The number of fused-ring (bicyclic) bond motifs is 2. The number of imidazole rings is 1. The van der Waals surface area contributed by atoms with Crippen LogP contribution in [0.25, 0.3) is 27.8 Å². The van der Waals surface area contributed by atoms with E-state index in [1.165, 1.54) is 0 Å². The molecular formula is C24H24N6O. The van der Waals surface area contributed by atoms with E-state index in [2.05, 4.69) is 38.9 Å². The van der Waals surface area contributed by atoms with Gasteiger partial charge in [-0.2, -0.15) is 5.10 Å². The predicted octanol–water partition coefficient (Wildman–Crippen LogP) is 4.00. The fourth-order valence-corrected chi connectivity index (χ4v) is 4.68. The maximum atomic E-state index is 12.7. The number of amides is 1. The molecule has 0 radical (unpaired) electrons. The summed E-state index contributed by atoms with van der Waals surface area (Å²) < 4.78 is 4.00. The lowest BCUT2D eigenvalue weighted by Crippen LogP contribution is -2.39. The Hall–Kier alpha value is -3.48. The van der Waals surface area contributed by atoms with E-state index in [1.807, 2.05) is 44.3 Å². The molecule has 0 N–H and O–H groups in total. The molecule has 1 amide bonds. The highest BCUT2D eigenvalue weighted by molar-refractivity contribution is 5.97. The molecule has 31 heavy (non-hydrogen) atoms. The second kappa shape index (κ2) is 6.51. The molecule has 156 valence electrons. The minimum atomic E-state index is -0.214. The van der Waals surface area contributed by atoms with Gasteiger partial charge >= 0.3 is 0 Å². The molecule has 2 aliphatic rings. The van der Waals surface area contributed by atoms with Gasteiger partial charge in [-0.05, 0) is 44.2 Å². The average molecular weight is 412 g/mol. The van der Waals surface area contributed by atoms with Gasteiger partial charge in [-0.25, -0.2) is 14.6 Å². The van der Waals surface area contributed by atoms with E-state index in [-0.39, 0.29) is 11.9 Å². The molecule has 6 rings (SSSR count). The second-order valence-electron chi connectivity index (χ2n) is 8.75. The second-order valence-corrected chi connectivity index (χ2v) is 8.75. The molecule has 1 aliphatic heterocycles. The van der Waals surface area contributed by atoms with Crippen LogP contribution in [0, 0.1) is 6.92 Å². The molecule has 1 aliphatic carbocycles. The molecule has 0 saturated heterocycles. The third-order valence-electron chi connectivity index (χ3n) is 6.45. The Kier molecular flexibility index (Phi) is 3.84. The van der Waals surface area contributed by atoms with Crippen molar-refractivity contribution in [3.8, 4) is 17.1 Å². The molecule has 1 atom stereocenters. The van der Waals surface area contributed by atoms with Crippen molar-refractivity contribution in [1.82, 2.24) is 29.2 Å². The zero-order valence-corrected chi connectivity index (χ0v) is 17.9. The summed E-state index contributed by atoms with van der Waals surface area (Å²) in [5.41, 5.74) is 4.12. The first-order valence-electron chi connectivity index (χ1n) is 10.8. The normalized spacial score (nSPS) is 18.6. The summed E-state index contributed by atoms with van der Waals surface area (Å²) in [7, 11) is 1.87. The van der Waals surface area contributed by atoms with E-state index in [0.717, 1.165) is 57.9 Å². The summed E-state index contributed by atoms with van der Waals surface area (Å²) >= 11 is 0. The molecule has 1 aromatic carbocycles. The van der Waals surface area contributed by atoms with Crippen molar-refractivity contribution < 1.29 is 4.79 Å². The van der Waals surface area contributed by atoms with Crippen LogP contribution in [-0.2, 0) is 11.3 Å². The highest BCUT2D eigenvalue weighted by atomic mass is 16.2. The minimum absolute atomic E-state index is 0.150. The Morgan fingerprint density at radius 2 is 2.00 bits per heavy atom. The summed E-state index contributed by atoms with van der Waals surface area (Å²) in [6.07, 6.45) is 6.14. The SMILES string of the molecule is Cc1ccn(-c2cc3cccc(-c4nc(C5CC5)n5c4CN(C)C(=O)C5C)c3cn2)n1. The van der Waals surface area contributed by atoms with Gasteiger partial charge in [0, 0.05) is 36.3 Å². The molecule has 1 saturated carbocycles. The summed E-state index contributed by atoms with van der Waals surface area (Å²) in [6, 6.07) is 10.1. The summed E-state index contributed by atoms with van der Waals surface area (Å²) in [4.78, 5) is 24.3. The van der Waals surface area contributed by atoms with Crippen molar-refractivity contribution in [3.63, 3.8) is 0 Å². The van der Waals surface area contributed by atoms with Gasteiger partial charge in [0.1, 0.15) is 11.9 Å². The van der Waals surface area contributed by atoms with Gasteiger partial charge in [-0.3, -0.25) is 4.79 Å². The smallest absolute Gasteiger partial charge is 0.245 e. The van der Waals surface area contributed by atoms with E-state index in [1.54, 1.807) is 4.68 Å². The maximum Gasteiger partial charge on any atom is 0.245 e. The number of benzene rings is 1. The van der Waals surface area contributed by atoms with Crippen molar-refractivity contribution in [1.29, 1.82) is 0 Å². The lowest BCUT2D eigenvalue weighted by Gasteiger charge is -2.31. The number of pyridine rings is 1. The van der Waals surface area contributed by atoms with Gasteiger partial charge in [0.15, 0.2) is 5.82 Å².